The number of aromatic carboxylic acids is 1. The smallest absolute Gasteiger partial charge is 0.374 e. The number of halogens is 2. The lowest BCUT2D eigenvalue weighted by Crippen LogP contribution is -1.91. The number of benzene rings is 1. The van der Waals surface area contributed by atoms with Crippen LogP contribution in [0.5, 0.6) is 0 Å². The van der Waals surface area contributed by atoms with Gasteiger partial charge in [-0.15, -0.1) is 0 Å². The van der Waals surface area contributed by atoms with Gasteiger partial charge in [0.25, 0.3) is 0 Å². The average Bonchev–Trinajstić information content (AvgIpc) is 2.77. The summed E-state index contributed by atoms with van der Waals surface area (Å²) >= 11 is 3.27. The van der Waals surface area contributed by atoms with Gasteiger partial charge >= 0.3 is 5.97 Å². The summed E-state index contributed by atoms with van der Waals surface area (Å²) in [7, 11) is 0. The molecule has 0 bridgehead atoms. The summed E-state index contributed by atoms with van der Waals surface area (Å²) in [5, 5.41) is 12.4. The van der Waals surface area contributed by atoms with E-state index in [0.29, 0.717) is 21.3 Å². The minimum Gasteiger partial charge on any atom is -0.475 e. The number of aromatic nitrogens is 1. The second-order valence-corrected chi connectivity index (χ2v) is 4.59. The lowest BCUT2D eigenvalue weighted by Gasteiger charge is -2.06. The topological polar surface area (TPSA) is 63.3 Å². The van der Waals surface area contributed by atoms with E-state index in [1.54, 1.807) is 18.2 Å². The largest absolute Gasteiger partial charge is 0.475 e. The molecule has 0 aliphatic carbocycles. The summed E-state index contributed by atoms with van der Waals surface area (Å²) in [5.41, 5.74) is 1.58. The van der Waals surface area contributed by atoms with E-state index in [-0.39, 0.29) is 5.76 Å². The van der Waals surface area contributed by atoms with E-state index in [9.17, 15) is 9.18 Å². The van der Waals surface area contributed by atoms with Gasteiger partial charge in [-0.05, 0) is 18.6 Å². The monoisotopic (exact) mass is 313 g/mol. The molecule has 0 saturated carbocycles. The molecular formula is C12H9BrFNO3. The molecular weight excluding hydrogens is 305 g/mol. The molecule has 94 valence electrons. The van der Waals surface area contributed by atoms with Gasteiger partial charge in [0.1, 0.15) is 11.9 Å². The van der Waals surface area contributed by atoms with Crippen LogP contribution in [0.2, 0.25) is 0 Å². The number of hydrogen-bond donors (Lipinski definition) is 1. The molecule has 1 aromatic heterocycles. The molecule has 1 aromatic carbocycles. The summed E-state index contributed by atoms with van der Waals surface area (Å²) < 4.78 is 18.5. The van der Waals surface area contributed by atoms with Gasteiger partial charge in [0.15, 0.2) is 0 Å². The number of carboxylic acids is 1. The third kappa shape index (κ3) is 2.43. The van der Waals surface area contributed by atoms with Gasteiger partial charge in [-0.2, -0.15) is 0 Å². The first-order chi connectivity index (χ1) is 8.49. The van der Waals surface area contributed by atoms with E-state index in [4.69, 9.17) is 5.11 Å². The van der Waals surface area contributed by atoms with Crippen molar-refractivity contribution in [1.29, 1.82) is 0 Å². The summed E-state index contributed by atoms with van der Waals surface area (Å²) in [4.78, 5) is 10.7. The van der Waals surface area contributed by atoms with Crippen LogP contribution in [0.4, 0.5) is 4.39 Å². The van der Waals surface area contributed by atoms with Crippen LogP contribution in [0.1, 0.15) is 29.2 Å². The molecule has 1 heterocycles. The van der Waals surface area contributed by atoms with E-state index in [1.807, 2.05) is 0 Å². The first-order valence-electron chi connectivity index (χ1n) is 5.13. The molecule has 0 amide bonds. The number of alkyl halides is 1. The molecule has 0 aliphatic rings. The van der Waals surface area contributed by atoms with E-state index >= 15 is 0 Å². The van der Waals surface area contributed by atoms with Gasteiger partial charge in [-0.3, -0.25) is 0 Å². The van der Waals surface area contributed by atoms with Crippen molar-refractivity contribution in [1.82, 2.24) is 5.16 Å². The van der Waals surface area contributed by atoms with Crippen molar-refractivity contribution in [3.8, 4) is 11.3 Å². The zero-order valence-electron chi connectivity index (χ0n) is 9.35. The molecule has 0 radical (unpaired) electrons. The maximum atomic E-state index is 13.2. The fourth-order valence-electron chi connectivity index (χ4n) is 1.52. The molecule has 0 aliphatic heterocycles. The van der Waals surface area contributed by atoms with Crippen molar-refractivity contribution in [3.63, 3.8) is 0 Å². The van der Waals surface area contributed by atoms with E-state index in [0.717, 1.165) is 0 Å². The predicted octanol–water partition coefficient (Wildman–Crippen LogP) is 3.83. The third-order valence-electron chi connectivity index (χ3n) is 2.45. The zero-order valence-corrected chi connectivity index (χ0v) is 10.9. The summed E-state index contributed by atoms with van der Waals surface area (Å²) in [5.74, 6) is -1.41. The Morgan fingerprint density at radius 1 is 1.50 bits per heavy atom. The quantitative estimate of drug-likeness (QED) is 0.935. The number of hydrogen-bond acceptors (Lipinski definition) is 3. The van der Waals surface area contributed by atoms with Crippen LogP contribution in [0.15, 0.2) is 33.3 Å². The molecule has 18 heavy (non-hydrogen) atoms. The van der Waals surface area contributed by atoms with Gasteiger partial charge in [0.2, 0.25) is 5.76 Å². The second-order valence-electron chi connectivity index (χ2n) is 3.73. The molecule has 2 aromatic rings. The van der Waals surface area contributed by atoms with Crippen molar-refractivity contribution in [2.75, 3.05) is 0 Å². The lowest BCUT2D eigenvalue weighted by atomic mass is 10.1. The van der Waals surface area contributed by atoms with E-state index < -0.39 is 12.1 Å². The molecule has 1 N–H and O–H groups in total. The zero-order chi connectivity index (χ0) is 13.3. The molecule has 0 saturated heterocycles. The van der Waals surface area contributed by atoms with Crippen molar-refractivity contribution in [2.45, 2.75) is 13.1 Å². The lowest BCUT2D eigenvalue weighted by molar-refractivity contribution is 0.0652. The van der Waals surface area contributed by atoms with Crippen molar-refractivity contribution < 1.29 is 18.8 Å². The highest BCUT2D eigenvalue weighted by Gasteiger charge is 2.14. The summed E-state index contributed by atoms with van der Waals surface area (Å²) in [6.07, 6.45) is -1.08. The van der Waals surface area contributed by atoms with Gasteiger partial charge in [-0.1, -0.05) is 33.2 Å². The Bertz CT molecular complexity index is 595. The fourth-order valence-corrected chi connectivity index (χ4v) is 2.22. The molecule has 1 atom stereocenters. The van der Waals surface area contributed by atoms with Gasteiger partial charge in [0.05, 0.1) is 0 Å². The SMILES string of the molecule is CC(F)c1ccc(-c2cc(C(=O)O)on2)cc1Br. The highest BCUT2D eigenvalue weighted by molar-refractivity contribution is 9.10. The Morgan fingerprint density at radius 2 is 2.22 bits per heavy atom. The Morgan fingerprint density at radius 3 is 2.72 bits per heavy atom. The standard InChI is InChI=1S/C12H9BrFNO3/c1-6(14)8-3-2-7(4-9(8)13)10-5-11(12(16)17)18-15-10/h2-6H,1H3,(H,16,17). The minimum atomic E-state index is -1.18. The van der Waals surface area contributed by atoms with Crippen molar-refractivity contribution >= 4 is 21.9 Å². The predicted molar refractivity (Wildman–Crippen MR) is 66.1 cm³/mol. The third-order valence-corrected chi connectivity index (χ3v) is 3.13. The van der Waals surface area contributed by atoms with Crippen LogP contribution in [0.3, 0.4) is 0 Å². The van der Waals surface area contributed by atoms with Crippen LogP contribution in [-0.2, 0) is 0 Å². The number of nitrogens with zero attached hydrogens (tertiary/aromatic N) is 1. The second kappa shape index (κ2) is 4.89. The first kappa shape index (κ1) is 12.8. The van der Waals surface area contributed by atoms with Crippen LogP contribution in [0, 0.1) is 0 Å². The molecule has 6 heteroatoms. The first-order valence-corrected chi connectivity index (χ1v) is 5.92. The maximum Gasteiger partial charge on any atom is 0.374 e. The van der Waals surface area contributed by atoms with Crippen LogP contribution < -0.4 is 0 Å². The molecule has 2 rings (SSSR count). The van der Waals surface area contributed by atoms with E-state index in [1.165, 1.54) is 13.0 Å². The number of carbonyl (C=O) groups is 1. The van der Waals surface area contributed by atoms with E-state index in [2.05, 4.69) is 25.6 Å². The maximum absolute atomic E-state index is 13.2. The van der Waals surface area contributed by atoms with Crippen LogP contribution in [-0.4, -0.2) is 16.2 Å². The molecule has 0 spiro atoms. The summed E-state index contributed by atoms with van der Waals surface area (Å²) in [6.45, 7) is 1.44. The average molecular weight is 314 g/mol. The Labute approximate surface area is 111 Å². The van der Waals surface area contributed by atoms with Gasteiger partial charge < -0.3 is 9.63 Å². The molecule has 0 fully saturated rings. The van der Waals surface area contributed by atoms with Crippen LogP contribution in [0.25, 0.3) is 11.3 Å². The van der Waals surface area contributed by atoms with Gasteiger partial charge in [-0.25, -0.2) is 9.18 Å². The van der Waals surface area contributed by atoms with Gasteiger partial charge in [0, 0.05) is 16.1 Å². The van der Waals surface area contributed by atoms with Crippen LogP contribution >= 0.6 is 15.9 Å². The minimum absolute atomic E-state index is 0.232. The Kier molecular flexibility index (Phi) is 3.47. The molecule has 4 nitrogen and oxygen atoms in total. The number of rotatable bonds is 3. The van der Waals surface area contributed by atoms with Crippen molar-refractivity contribution in [2.24, 2.45) is 0 Å². The number of carboxylic acid groups (broad SMARTS) is 1. The highest BCUT2D eigenvalue weighted by atomic mass is 79.9. The summed E-state index contributed by atoms with van der Waals surface area (Å²) in [6, 6.07) is 6.29. The fraction of sp³-hybridized carbons (Fsp3) is 0.167. The Hall–Kier alpha value is -1.69. The highest BCUT2D eigenvalue weighted by Crippen LogP contribution is 2.30. The Balaban J connectivity index is 2.39. The van der Waals surface area contributed by atoms with Crippen molar-refractivity contribution in [3.05, 3.63) is 40.1 Å². The molecule has 1 unspecified atom stereocenters. The normalized spacial score (nSPS) is 12.4.